The van der Waals surface area contributed by atoms with Crippen LogP contribution < -0.4 is 0 Å². The first-order chi connectivity index (χ1) is 9.24. The molecule has 0 aromatic carbocycles. The maximum absolute atomic E-state index is 12.0. The Kier molecular flexibility index (Phi) is 4.76. The Bertz CT molecular complexity index is 483. The molecule has 20 heavy (non-hydrogen) atoms. The van der Waals surface area contributed by atoms with Gasteiger partial charge in [-0.3, -0.25) is 0 Å². The lowest BCUT2D eigenvalue weighted by Crippen LogP contribution is -2.35. The van der Waals surface area contributed by atoms with Gasteiger partial charge in [0.25, 0.3) is 0 Å². The third-order valence-corrected chi connectivity index (χ3v) is 4.80. The van der Waals surface area contributed by atoms with Gasteiger partial charge in [-0.25, -0.2) is 4.79 Å². The molecule has 112 valence electrons. The molecule has 1 aromatic rings. The second-order valence-corrected chi connectivity index (χ2v) is 8.67. The maximum atomic E-state index is 12.0. The number of carbonyl (C=O) groups is 1. The Balaban J connectivity index is 1.93. The molecule has 2 atom stereocenters. The minimum Gasteiger partial charge on any atom is -0.444 e. The molecule has 1 aromatic heterocycles. The summed E-state index contributed by atoms with van der Waals surface area (Å²) < 4.78 is 6.43. The van der Waals surface area contributed by atoms with Gasteiger partial charge in [0.15, 0.2) is 0 Å². The Hall–Kier alpha value is -0.590. The van der Waals surface area contributed by atoms with Gasteiger partial charge in [0.2, 0.25) is 0 Å². The molecular weight excluding hydrogens is 342 g/mol. The van der Waals surface area contributed by atoms with Gasteiger partial charge in [-0.15, -0.1) is 11.3 Å². The number of aliphatic hydroxyl groups is 1. The first kappa shape index (κ1) is 15.8. The van der Waals surface area contributed by atoms with E-state index in [2.05, 4.69) is 22.0 Å². The van der Waals surface area contributed by atoms with Crippen LogP contribution in [0, 0.1) is 5.92 Å². The molecule has 1 N–H and O–H groups in total. The summed E-state index contributed by atoms with van der Waals surface area (Å²) in [6.07, 6.45) is -0.0358. The number of halogens is 1. The number of hydrogen-bond acceptors (Lipinski definition) is 4. The minimum atomic E-state index is -0.501. The van der Waals surface area contributed by atoms with Gasteiger partial charge in [0.1, 0.15) is 5.60 Å². The molecule has 6 heteroatoms. The Labute approximate surface area is 131 Å². The van der Waals surface area contributed by atoms with E-state index < -0.39 is 11.7 Å². The van der Waals surface area contributed by atoms with Crippen LogP contribution in [-0.4, -0.2) is 40.9 Å². The van der Waals surface area contributed by atoms with E-state index in [0.29, 0.717) is 13.1 Å². The zero-order valence-electron chi connectivity index (χ0n) is 11.9. The molecule has 4 nitrogen and oxygen atoms in total. The normalized spacial score (nSPS) is 23.1. The van der Waals surface area contributed by atoms with Crippen molar-refractivity contribution in [2.45, 2.75) is 38.9 Å². The standard InChI is InChI=1S/C14H20BrNO3S/c1-14(2,3)19-13(18)16-7-9(11(17)8-16)6-10-4-5-12(15)20-10/h4-5,9,11,17H,6-8H2,1-3H3. The first-order valence-electron chi connectivity index (χ1n) is 6.65. The van der Waals surface area contributed by atoms with Crippen LogP contribution in [0.5, 0.6) is 0 Å². The van der Waals surface area contributed by atoms with Crippen LogP contribution in [0.4, 0.5) is 4.79 Å². The van der Waals surface area contributed by atoms with E-state index in [1.807, 2.05) is 26.8 Å². The van der Waals surface area contributed by atoms with Crippen LogP contribution in [0.25, 0.3) is 0 Å². The average molecular weight is 362 g/mol. The van der Waals surface area contributed by atoms with Crippen molar-refractivity contribution in [3.05, 3.63) is 20.8 Å². The lowest BCUT2D eigenvalue weighted by molar-refractivity contribution is 0.0270. The fraction of sp³-hybridized carbons (Fsp3) is 0.643. The number of aliphatic hydroxyl groups excluding tert-OH is 1. The summed E-state index contributed by atoms with van der Waals surface area (Å²) in [7, 11) is 0. The number of amides is 1. The third-order valence-electron chi connectivity index (χ3n) is 3.15. The average Bonchev–Trinajstić information content (AvgIpc) is 2.85. The molecule has 0 aliphatic carbocycles. The largest absolute Gasteiger partial charge is 0.444 e. The summed E-state index contributed by atoms with van der Waals surface area (Å²) in [6.45, 7) is 6.44. The van der Waals surface area contributed by atoms with Crippen molar-refractivity contribution in [1.82, 2.24) is 4.90 Å². The predicted molar refractivity (Wildman–Crippen MR) is 83.0 cm³/mol. The molecule has 0 radical (unpaired) electrons. The highest BCUT2D eigenvalue weighted by Crippen LogP contribution is 2.28. The molecule has 0 saturated carbocycles. The zero-order valence-corrected chi connectivity index (χ0v) is 14.3. The smallest absolute Gasteiger partial charge is 0.410 e. The van der Waals surface area contributed by atoms with Crippen molar-refractivity contribution < 1.29 is 14.6 Å². The number of nitrogens with zero attached hydrogens (tertiary/aromatic N) is 1. The van der Waals surface area contributed by atoms with E-state index in [-0.39, 0.29) is 12.0 Å². The fourth-order valence-corrected chi connectivity index (χ4v) is 3.83. The third kappa shape index (κ3) is 4.20. The van der Waals surface area contributed by atoms with Gasteiger partial charge in [-0.2, -0.15) is 0 Å². The second-order valence-electron chi connectivity index (χ2n) is 6.12. The topological polar surface area (TPSA) is 49.8 Å². The number of likely N-dealkylation sites (tertiary alicyclic amines) is 1. The highest BCUT2D eigenvalue weighted by molar-refractivity contribution is 9.11. The highest BCUT2D eigenvalue weighted by atomic mass is 79.9. The molecule has 1 fully saturated rings. The van der Waals surface area contributed by atoms with E-state index in [1.165, 1.54) is 4.88 Å². The minimum absolute atomic E-state index is 0.0769. The Morgan fingerprint density at radius 2 is 2.20 bits per heavy atom. The monoisotopic (exact) mass is 361 g/mol. The predicted octanol–water partition coefficient (Wildman–Crippen LogP) is 3.28. The molecule has 0 bridgehead atoms. The van der Waals surface area contributed by atoms with Crippen molar-refractivity contribution in [3.8, 4) is 0 Å². The molecular formula is C14H20BrNO3S. The molecule has 1 aliphatic heterocycles. The number of β-amino-alcohol motifs (C(OH)–C–C–N with tert-alkyl or cyclic N) is 1. The first-order valence-corrected chi connectivity index (χ1v) is 8.26. The highest BCUT2D eigenvalue weighted by Gasteiger charge is 2.36. The van der Waals surface area contributed by atoms with Crippen LogP contribution in [0.15, 0.2) is 15.9 Å². The van der Waals surface area contributed by atoms with E-state index in [1.54, 1.807) is 16.2 Å². The van der Waals surface area contributed by atoms with Gasteiger partial charge < -0.3 is 14.7 Å². The summed E-state index contributed by atoms with van der Waals surface area (Å²) in [4.78, 5) is 14.8. The summed E-state index contributed by atoms with van der Waals surface area (Å²) >= 11 is 5.10. The number of rotatable bonds is 2. The van der Waals surface area contributed by atoms with Crippen molar-refractivity contribution in [2.75, 3.05) is 13.1 Å². The van der Waals surface area contributed by atoms with Gasteiger partial charge in [-0.05, 0) is 55.3 Å². The maximum Gasteiger partial charge on any atom is 0.410 e. The number of ether oxygens (including phenoxy) is 1. The van der Waals surface area contributed by atoms with E-state index in [0.717, 1.165) is 10.2 Å². The molecule has 2 heterocycles. The molecule has 1 aliphatic rings. The molecule has 1 amide bonds. The molecule has 1 saturated heterocycles. The van der Waals surface area contributed by atoms with Gasteiger partial charge in [0.05, 0.1) is 16.4 Å². The SMILES string of the molecule is CC(C)(C)OC(=O)N1CC(O)C(Cc2ccc(Br)s2)C1. The fourth-order valence-electron chi connectivity index (χ4n) is 2.25. The van der Waals surface area contributed by atoms with Gasteiger partial charge >= 0.3 is 6.09 Å². The van der Waals surface area contributed by atoms with Crippen LogP contribution in [0.1, 0.15) is 25.6 Å². The quantitative estimate of drug-likeness (QED) is 0.879. The number of carbonyl (C=O) groups excluding carboxylic acids is 1. The summed E-state index contributed by atoms with van der Waals surface area (Å²) in [5, 5.41) is 10.1. The summed E-state index contributed by atoms with van der Waals surface area (Å²) in [6, 6.07) is 4.06. The number of hydrogen-bond donors (Lipinski definition) is 1. The molecule has 2 unspecified atom stereocenters. The van der Waals surface area contributed by atoms with Crippen molar-refractivity contribution in [3.63, 3.8) is 0 Å². The van der Waals surface area contributed by atoms with Gasteiger partial charge in [-0.1, -0.05) is 0 Å². The van der Waals surface area contributed by atoms with Crippen molar-refractivity contribution >= 4 is 33.4 Å². The van der Waals surface area contributed by atoms with Crippen LogP contribution >= 0.6 is 27.3 Å². The number of thiophene rings is 1. The van der Waals surface area contributed by atoms with Crippen LogP contribution in [-0.2, 0) is 11.2 Å². The van der Waals surface area contributed by atoms with E-state index in [4.69, 9.17) is 4.74 Å². The molecule has 2 rings (SSSR count). The zero-order chi connectivity index (χ0) is 14.9. The van der Waals surface area contributed by atoms with E-state index >= 15 is 0 Å². The molecule has 0 spiro atoms. The van der Waals surface area contributed by atoms with Crippen molar-refractivity contribution in [2.24, 2.45) is 5.92 Å². The van der Waals surface area contributed by atoms with Crippen LogP contribution in [0.2, 0.25) is 0 Å². The van der Waals surface area contributed by atoms with Gasteiger partial charge in [0, 0.05) is 17.3 Å². The Morgan fingerprint density at radius 3 is 2.75 bits per heavy atom. The summed E-state index contributed by atoms with van der Waals surface area (Å²) in [5.41, 5.74) is -0.501. The summed E-state index contributed by atoms with van der Waals surface area (Å²) in [5.74, 6) is 0.0769. The lowest BCUT2D eigenvalue weighted by Gasteiger charge is -2.24. The lowest BCUT2D eigenvalue weighted by atomic mass is 10.0. The van der Waals surface area contributed by atoms with Crippen molar-refractivity contribution in [1.29, 1.82) is 0 Å². The Morgan fingerprint density at radius 1 is 1.50 bits per heavy atom. The van der Waals surface area contributed by atoms with Crippen LogP contribution in [0.3, 0.4) is 0 Å². The van der Waals surface area contributed by atoms with E-state index in [9.17, 15) is 9.90 Å². The second kappa shape index (κ2) is 6.03.